The highest BCUT2D eigenvalue weighted by Crippen LogP contribution is 2.17. The van der Waals surface area contributed by atoms with Gasteiger partial charge in [0.25, 0.3) is 5.91 Å². The molecule has 1 fully saturated rings. The number of rotatable bonds is 9. The van der Waals surface area contributed by atoms with Crippen LogP contribution in [0.5, 0.6) is 11.5 Å². The van der Waals surface area contributed by atoms with Crippen molar-refractivity contribution >= 4 is 17.8 Å². The topological polar surface area (TPSA) is 85.4 Å². The number of piperazine rings is 1. The molecule has 0 bridgehead atoms. The quantitative estimate of drug-likeness (QED) is 0.592. The number of esters is 1. The summed E-state index contributed by atoms with van der Waals surface area (Å²) in [6.07, 6.45) is 0.218. The molecule has 154 valence electrons. The molecule has 0 saturated carbocycles. The molecular weight excluding hydrogens is 364 g/mol. The second-order valence-electron chi connectivity index (χ2n) is 6.26. The lowest BCUT2D eigenvalue weighted by molar-refractivity contribution is -0.146. The summed E-state index contributed by atoms with van der Waals surface area (Å²) in [5.41, 5.74) is 0. The highest BCUT2D eigenvalue weighted by Gasteiger charge is 2.24. The van der Waals surface area contributed by atoms with Gasteiger partial charge in [-0.1, -0.05) is 0 Å². The Labute approximate surface area is 165 Å². The minimum atomic E-state index is -0.365. The second kappa shape index (κ2) is 11.2. The number of hydrogen-bond acceptors (Lipinski definition) is 6. The van der Waals surface area contributed by atoms with Crippen molar-refractivity contribution in [1.29, 1.82) is 0 Å². The minimum absolute atomic E-state index is 0.0508. The van der Waals surface area contributed by atoms with Crippen LogP contribution in [0.3, 0.4) is 0 Å². The molecular formula is C20H28N2O6. The van der Waals surface area contributed by atoms with Crippen LogP contribution < -0.4 is 9.47 Å². The van der Waals surface area contributed by atoms with Gasteiger partial charge < -0.3 is 24.0 Å². The Balaban J connectivity index is 1.69. The molecule has 1 saturated heterocycles. The van der Waals surface area contributed by atoms with Gasteiger partial charge >= 0.3 is 5.97 Å². The van der Waals surface area contributed by atoms with Crippen molar-refractivity contribution in [2.24, 2.45) is 0 Å². The fourth-order valence-corrected chi connectivity index (χ4v) is 2.84. The van der Waals surface area contributed by atoms with Gasteiger partial charge in [0.2, 0.25) is 5.91 Å². The predicted octanol–water partition coefficient (Wildman–Crippen LogP) is 1.48. The smallest absolute Gasteiger partial charge is 0.306 e. The van der Waals surface area contributed by atoms with Crippen molar-refractivity contribution in [3.8, 4) is 11.5 Å². The third-order valence-corrected chi connectivity index (χ3v) is 4.33. The molecule has 1 heterocycles. The van der Waals surface area contributed by atoms with Gasteiger partial charge in [-0.05, 0) is 38.1 Å². The Morgan fingerprint density at radius 3 is 1.86 bits per heavy atom. The van der Waals surface area contributed by atoms with Crippen molar-refractivity contribution in [1.82, 2.24) is 9.80 Å². The Hall–Kier alpha value is -2.77. The first-order valence-corrected chi connectivity index (χ1v) is 9.60. The summed E-state index contributed by atoms with van der Waals surface area (Å²) >= 11 is 0. The molecule has 8 nitrogen and oxygen atoms in total. The van der Waals surface area contributed by atoms with E-state index in [0.29, 0.717) is 45.1 Å². The zero-order chi connectivity index (χ0) is 20.4. The van der Waals surface area contributed by atoms with E-state index in [-0.39, 0.29) is 37.2 Å². The van der Waals surface area contributed by atoms with Crippen LogP contribution in [0, 0.1) is 0 Å². The van der Waals surface area contributed by atoms with Gasteiger partial charge in [-0.15, -0.1) is 0 Å². The molecule has 0 atom stereocenters. The highest BCUT2D eigenvalue weighted by atomic mass is 16.5. The Kier molecular flexibility index (Phi) is 8.58. The summed E-state index contributed by atoms with van der Waals surface area (Å²) in [5.74, 6) is 0.781. The lowest BCUT2D eigenvalue weighted by Crippen LogP contribution is -2.51. The summed E-state index contributed by atoms with van der Waals surface area (Å²) in [7, 11) is 0. The number of hydrogen-bond donors (Lipinski definition) is 0. The van der Waals surface area contributed by atoms with Gasteiger partial charge in [0.05, 0.1) is 19.6 Å². The number of amides is 2. The van der Waals surface area contributed by atoms with E-state index in [1.165, 1.54) is 0 Å². The summed E-state index contributed by atoms with van der Waals surface area (Å²) in [4.78, 5) is 39.2. The first-order chi connectivity index (χ1) is 13.5. The summed E-state index contributed by atoms with van der Waals surface area (Å²) in [6.45, 7) is 6.32. The van der Waals surface area contributed by atoms with Crippen molar-refractivity contribution in [3.63, 3.8) is 0 Å². The summed E-state index contributed by atoms with van der Waals surface area (Å²) in [6, 6.07) is 7.12. The fraction of sp³-hybridized carbons (Fsp3) is 0.550. The average molecular weight is 392 g/mol. The average Bonchev–Trinajstić information content (AvgIpc) is 2.72. The Morgan fingerprint density at radius 2 is 1.32 bits per heavy atom. The normalized spacial score (nSPS) is 13.8. The molecule has 1 aliphatic rings. The zero-order valence-corrected chi connectivity index (χ0v) is 16.5. The summed E-state index contributed by atoms with van der Waals surface area (Å²) in [5, 5.41) is 0. The fourth-order valence-electron chi connectivity index (χ4n) is 2.84. The maximum absolute atomic E-state index is 12.3. The predicted molar refractivity (Wildman–Crippen MR) is 102 cm³/mol. The number of benzene rings is 1. The van der Waals surface area contributed by atoms with Gasteiger partial charge in [0.15, 0.2) is 6.61 Å². The molecule has 1 aliphatic heterocycles. The molecule has 1 aromatic carbocycles. The molecule has 0 radical (unpaired) electrons. The molecule has 28 heavy (non-hydrogen) atoms. The Bertz CT molecular complexity index is 653. The van der Waals surface area contributed by atoms with Gasteiger partial charge in [-0.25, -0.2) is 0 Å². The van der Waals surface area contributed by atoms with Crippen LogP contribution in [0.4, 0.5) is 0 Å². The third kappa shape index (κ3) is 6.75. The van der Waals surface area contributed by atoms with Crippen LogP contribution in [0.1, 0.15) is 26.7 Å². The molecule has 2 rings (SSSR count). The van der Waals surface area contributed by atoms with E-state index < -0.39 is 0 Å². The van der Waals surface area contributed by atoms with Gasteiger partial charge in [-0.2, -0.15) is 0 Å². The van der Waals surface area contributed by atoms with Crippen molar-refractivity contribution < 1.29 is 28.6 Å². The first-order valence-electron chi connectivity index (χ1n) is 9.60. The first kappa shape index (κ1) is 21.5. The minimum Gasteiger partial charge on any atom is -0.494 e. The maximum atomic E-state index is 12.3. The number of ether oxygens (including phenoxy) is 3. The molecule has 0 spiro atoms. The maximum Gasteiger partial charge on any atom is 0.306 e. The largest absolute Gasteiger partial charge is 0.494 e. The Morgan fingerprint density at radius 1 is 0.786 bits per heavy atom. The van der Waals surface area contributed by atoms with Gasteiger partial charge in [0, 0.05) is 32.6 Å². The number of carbonyl (C=O) groups excluding carboxylic acids is 3. The summed E-state index contributed by atoms with van der Waals surface area (Å²) < 4.78 is 15.7. The van der Waals surface area contributed by atoms with Crippen LogP contribution in [0.2, 0.25) is 0 Å². The van der Waals surface area contributed by atoms with Crippen LogP contribution in [0.15, 0.2) is 24.3 Å². The van der Waals surface area contributed by atoms with E-state index >= 15 is 0 Å². The van der Waals surface area contributed by atoms with Crippen molar-refractivity contribution in [2.45, 2.75) is 26.7 Å². The van der Waals surface area contributed by atoms with E-state index in [2.05, 4.69) is 0 Å². The number of nitrogens with zero attached hydrogens (tertiary/aromatic N) is 2. The second-order valence-corrected chi connectivity index (χ2v) is 6.26. The molecule has 0 aromatic heterocycles. The molecule has 0 unspecified atom stereocenters. The van der Waals surface area contributed by atoms with Gasteiger partial charge in [0.1, 0.15) is 11.5 Å². The van der Waals surface area contributed by atoms with Crippen molar-refractivity contribution in [3.05, 3.63) is 24.3 Å². The molecule has 2 amide bonds. The highest BCUT2D eigenvalue weighted by molar-refractivity contribution is 5.82. The SMILES string of the molecule is CCOC(=O)CCC(=O)N1CCN(C(=O)COc2ccc(OCC)cc2)CC1. The van der Waals surface area contributed by atoms with Crippen LogP contribution >= 0.6 is 0 Å². The van der Waals surface area contributed by atoms with E-state index in [1.54, 1.807) is 41.0 Å². The third-order valence-electron chi connectivity index (χ3n) is 4.33. The van der Waals surface area contributed by atoms with Crippen LogP contribution in [-0.4, -0.2) is 73.6 Å². The van der Waals surface area contributed by atoms with E-state index in [9.17, 15) is 14.4 Å². The molecule has 8 heteroatoms. The standard InChI is InChI=1S/C20H28N2O6/c1-3-26-16-5-7-17(8-6-16)28-15-19(24)22-13-11-21(12-14-22)18(23)9-10-20(25)27-4-2/h5-8H,3-4,9-15H2,1-2H3. The van der Waals surface area contributed by atoms with Crippen molar-refractivity contribution in [2.75, 3.05) is 46.0 Å². The lowest BCUT2D eigenvalue weighted by atomic mass is 10.2. The molecule has 0 N–H and O–H groups in total. The molecule has 0 aliphatic carbocycles. The van der Waals surface area contributed by atoms with E-state index in [4.69, 9.17) is 14.2 Å². The van der Waals surface area contributed by atoms with Gasteiger partial charge in [-0.3, -0.25) is 14.4 Å². The number of carbonyl (C=O) groups is 3. The van der Waals surface area contributed by atoms with E-state index in [1.807, 2.05) is 6.92 Å². The monoisotopic (exact) mass is 392 g/mol. The van der Waals surface area contributed by atoms with Crippen LogP contribution in [-0.2, 0) is 19.1 Å². The van der Waals surface area contributed by atoms with E-state index in [0.717, 1.165) is 5.75 Å². The lowest BCUT2D eigenvalue weighted by Gasteiger charge is -2.34. The van der Waals surface area contributed by atoms with Crippen LogP contribution in [0.25, 0.3) is 0 Å². The zero-order valence-electron chi connectivity index (χ0n) is 16.5. The molecule has 1 aromatic rings.